The van der Waals surface area contributed by atoms with Crippen LogP contribution >= 0.6 is 11.6 Å². The van der Waals surface area contributed by atoms with Crippen LogP contribution in [0.3, 0.4) is 0 Å². The summed E-state index contributed by atoms with van der Waals surface area (Å²) in [5, 5.41) is 0. The fraction of sp³-hybridized carbons (Fsp3) is 0.267. The van der Waals surface area contributed by atoms with Crippen LogP contribution in [0.1, 0.15) is 18.2 Å². The van der Waals surface area contributed by atoms with E-state index in [0.717, 1.165) is 17.7 Å². The molecule has 4 nitrogen and oxygen atoms in total. The van der Waals surface area contributed by atoms with Crippen molar-refractivity contribution in [3.8, 4) is 11.6 Å². The summed E-state index contributed by atoms with van der Waals surface area (Å²) in [7, 11) is -3.20. The number of hydrogen-bond acceptors (Lipinski definition) is 4. The molecule has 0 amide bonds. The Hall–Kier alpha value is -1.59. The van der Waals surface area contributed by atoms with Crippen molar-refractivity contribution < 1.29 is 13.2 Å². The third-order valence-electron chi connectivity index (χ3n) is 2.91. The lowest BCUT2D eigenvalue weighted by molar-refractivity contribution is 0.460. The molecule has 2 rings (SSSR count). The first-order chi connectivity index (χ1) is 9.92. The Balaban J connectivity index is 2.25. The number of halogens is 1. The maximum Gasteiger partial charge on any atom is 0.219 e. The largest absolute Gasteiger partial charge is 0.439 e. The van der Waals surface area contributed by atoms with E-state index in [2.05, 4.69) is 4.98 Å². The lowest BCUT2D eigenvalue weighted by atomic mass is 10.2. The van der Waals surface area contributed by atoms with Gasteiger partial charge >= 0.3 is 0 Å². The molecule has 0 aliphatic carbocycles. The minimum absolute atomic E-state index is 0.256. The van der Waals surface area contributed by atoms with E-state index in [0.29, 0.717) is 17.5 Å². The third-order valence-corrected chi connectivity index (χ3v) is 4.34. The fourth-order valence-electron chi connectivity index (χ4n) is 1.81. The molecule has 0 unspecified atom stereocenters. The maximum absolute atomic E-state index is 11.4. The summed E-state index contributed by atoms with van der Waals surface area (Å²) in [4.78, 5) is 4.62. The van der Waals surface area contributed by atoms with Gasteiger partial charge in [0.25, 0.3) is 0 Å². The van der Waals surface area contributed by atoms with Gasteiger partial charge in [0.1, 0.15) is 5.75 Å². The molecule has 0 aliphatic heterocycles. The van der Waals surface area contributed by atoms with E-state index in [1.165, 1.54) is 18.4 Å². The summed E-state index contributed by atoms with van der Waals surface area (Å²) in [5.41, 5.74) is 1.84. The van der Waals surface area contributed by atoms with Crippen LogP contribution in [0.15, 0.2) is 41.3 Å². The van der Waals surface area contributed by atoms with E-state index in [1.807, 2.05) is 13.0 Å². The molecule has 0 atom stereocenters. The van der Waals surface area contributed by atoms with E-state index in [4.69, 9.17) is 16.3 Å². The van der Waals surface area contributed by atoms with Crippen LogP contribution < -0.4 is 4.74 Å². The quantitative estimate of drug-likeness (QED) is 0.788. The maximum atomic E-state index is 11.4. The molecule has 0 N–H and O–H groups in total. The number of pyridine rings is 1. The zero-order chi connectivity index (χ0) is 15.5. The van der Waals surface area contributed by atoms with Gasteiger partial charge in [-0.1, -0.05) is 6.92 Å². The lowest BCUT2D eigenvalue weighted by Crippen LogP contribution is -1.97. The zero-order valence-corrected chi connectivity index (χ0v) is 13.4. The van der Waals surface area contributed by atoms with Crippen molar-refractivity contribution in [3.63, 3.8) is 0 Å². The molecule has 0 aliphatic rings. The molecule has 1 heterocycles. The minimum atomic E-state index is -3.20. The van der Waals surface area contributed by atoms with Gasteiger partial charge in [0.2, 0.25) is 5.88 Å². The second-order valence-corrected chi connectivity index (χ2v) is 6.92. The van der Waals surface area contributed by atoms with Gasteiger partial charge in [-0.15, -0.1) is 11.6 Å². The molecule has 0 bridgehead atoms. The fourth-order valence-corrected chi connectivity index (χ4v) is 2.59. The van der Waals surface area contributed by atoms with Crippen molar-refractivity contribution in [1.29, 1.82) is 0 Å². The number of rotatable bonds is 5. The highest BCUT2D eigenvalue weighted by Gasteiger charge is 2.08. The lowest BCUT2D eigenvalue weighted by Gasteiger charge is -2.08. The summed E-state index contributed by atoms with van der Waals surface area (Å²) < 4.78 is 28.5. The summed E-state index contributed by atoms with van der Waals surface area (Å²) in [5.74, 6) is 1.37. The first-order valence-electron chi connectivity index (χ1n) is 6.46. The van der Waals surface area contributed by atoms with Gasteiger partial charge in [-0.05, 0) is 42.3 Å². The predicted octanol–water partition coefficient (Wildman–Crippen LogP) is 3.58. The molecule has 0 fully saturated rings. The Morgan fingerprint density at radius 1 is 1.19 bits per heavy atom. The van der Waals surface area contributed by atoms with E-state index in [9.17, 15) is 8.42 Å². The van der Waals surface area contributed by atoms with Gasteiger partial charge < -0.3 is 4.74 Å². The number of aryl methyl sites for hydroxylation is 1. The Morgan fingerprint density at radius 3 is 2.38 bits per heavy atom. The van der Waals surface area contributed by atoms with Gasteiger partial charge in [0.05, 0.1) is 4.90 Å². The summed E-state index contributed by atoms with van der Waals surface area (Å²) in [6.07, 6.45) is 1.95. The summed E-state index contributed by atoms with van der Waals surface area (Å²) in [6, 6.07) is 9.95. The second kappa shape index (κ2) is 6.45. The first kappa shape index (κ1) is 15.8. The SMILES string of the molecule is CCc1cc(CCl)cc(Oc2ccc(S(C)(=O)=O)cc2)n1. The topological polar surface area (TPSA) is 56.3 Å². The van der Waals surface area contributed by atoms with E-state index < -0.39 is 9.84 Å². The Morgan fingerprint density at radius 2 is 1.86 bits per heavy atom. The molecular formula is C15H16ClNO3S. The van der Waals surface area contributed by atoms with Crippen LogP contribution in [0.5, 0.6) is 11.6 Å². The van der Waals surface area contributed by atoms with E-state index in [1.54, 1.807) is 18.2 Å². The molecule has 2 aromatic rings. The number of nitrogens with zero attached hydrogens (tertiary/aromatic N) is 1. The highest BCUT2D eigenvalue weighted by atomic mass is 35.5. The molecule has 0 radical (unpaired) electrons. The van der Waals surface area contributed by atoms with Crippen LogP contribution in [0.2, 0.25) is 0 Å². The van der Waals surface area contributed by atoms with Gasteiger partial charge in [0, 0.05) is 23.9 Å². The first-order valence-corrected chi connectivity index (χ1v) is 8.88. The highest BCUT2D eigenvalue weighted by Crippen LogP contribution is 2.23. The van der Waals surface area contributed by atoms with Gasteiger partial charge in [-0.3, -0.25) is 0 Å². The molecule has 1 aromatic carbocycles. The smallest absolute Gasteiger partial charge is 0.219 e. The molecular weight excluding hydrogens is 310 g/mol. The molecule has 1 aromatic heterocycles. The summed E-state index contributed by atoms with van der Waals surface area (Å²) >= 11 is 5.85. The molecule has 6 heteroatoms. The zero-order valence-electron chi connectivity index (χ0n) is 11.8. The number of sulfone groups is 1. The minimum Gasteiger partial charge on any atom is -0.439 e. The van der Waals surface area contributed by atoms with Crippen LogP contribution in [0, 0.1) is 0 Å². The Bertz CT molecular complexity index is 705. The number of ether oxygens (including phenoxy) is 1. The molecule has 112 valence electrons. The van der Waals surface area contributed by atoms with Crippen LogP contribution in [-0.2, 0) is 22.1 Å². The van der Waals surface area contributed by atoms with Crippen molar-refractivity contribution in [2.24, 2.45) is 0 Å². The molecule has 0 spiro atoms. The van der Waals surface area contributed by atoms with Crippen molar-refractivity contribution in [1.82, 2.24) is 4.98 Å². The monoisotopic (exact) mass is 325 g/mol. The number of alkyl halides is 1. The Kier molecular flexibility index (Phi) is 4.85. The number of benzene rings is 1. The average Bonchev–Trinajstić information content (AvgIpc) is 2.46. The van der Waals surface area contributed by atoms with Crippen molar-refractivity contribution >= 4 is 21.4 Å². The van der Waals surface area contributed by atoms with Crippen molar-refractivity contribution in [2.75, 3.05) is 6.26 Å². The predicted molar refractivity (Wildman–Crippen MR) is 82.8 cm³/mol. The van der Waals surface area contributed by atoms with Crippen molar-refractivity contribution in [3.05, 3.63) is 47.7 Å². The van der Waals surface area contributed by atoms with Crippen LogP contribution in [0.25, 0.3) is 0 Å². The summed E-state index contributed by atoms with van der Waals surface area (Å²) in [6.45, 7) is 2.00. The number of aromatic nitrogens is 1. The van der Waals surface area contributed by atoms with Gasteiger partial charge in [-0.2, -0.15) is 0 Å². The van der Waals surface area contributed by atoms with Gasteiger partial charge in [-0.25, -0.2) is 13.4 Å². The molecule has 0 saturated carbocycles. The standard InChI is InChI=1S/C15H16ClNO3S/c1-3-12-8-11(10-16)9-15(17-12)20-13-4-6-14(7-5-13)21(2,18)19/h4-9H,3,10H2,1-2H3. The highest BCUT2D eigenvalue weighted by molar-refractivity contribution is 7.90. The van der Waals surface area contributed by atoms with E-state index >= 15 is 0 Å². The third kappa shape index (κ3) is 4.19. The average molecular weight is 326 g/mol. The number of hydrogen-bond donors (Lipinski definition) is 0. The molecule has 21 heavy (non-hydrogen) atoms. The normalized spacial score (nSPS) is 11.4. The van der Waals surface area contributed by atoms with E-state index in [-0.39, 0.29) is 4.90 Å². The van der Waals surface area contributed by atoms with Crippen LogP contribution in [0.4, 0.5) is 0 Å². The van der Waals surface area contributed by atoms with Crippen molar-refractivity contribution in [2.45, 2.75) is 24.1 Å². The Labute approximate surface area is 129 Å². The van der Waals surface area contributed by atoms with Gasteiger partial charge in [0.15, 0.2) is 9.84 Å². The second-order valence-electron chi connectivity index (χ2n) is 4.64. The molecule has 0 saturated heterocycles. The van der Waals surface area contributed by atoms with Crippen LogP contribution in [-0.4, -0.2) is 19.7 Å².